The smallest absolute Gasteiger partial charge is 0.123 e. The van der Waals surface area contributed by atoms with Gasteiger partial charge in [0.05, 0.1) is 0 Å². The minimum absolute atomic E-state index is 0.0729. The Morgan fingerprint density at radius 3 is 2.65 bits per heavy atom. The fraction of sp³-hybridized carbons (Fsp3) is 0.684. The molecule has 110 valence electrons. The Hall–Kier alpha value is -0.850. The first-order valence-electron chi connectivity index (χ1n) is 8.51. The second-order valence-electron chi connectivity index (χ2n) is 7.05. The van der Waals surface area contributed by atoms with Crippen LogP contribution in [0, 0.1) is 23.6 Å². The largest absolute Gasteiger partial charge is 0.207 e. The third kappa shape index (κ3) is 3.07. The van der Waals surface area contributed by atoms with E-state index in [1.807, 2.05) is 6.07 Å². The molecule has 2 saturated carbocycles. The summed E-state index contributed by atoms with van der Waals surface area (Å²) in [5.74, 6) is 3.40. The van der Waals surface area contributed by atoms with Crippen LogP contribution < -0.4 is 0 Å². The maximum Gasteiger partial charge on any atom is 0.123 e. The van der Waals surface area contributed by atoms with Crippen molar-refractivity contribution in [3.63, 3.8) is 0 Å². The summed E-state index contributed by atoms with van der Waals surface area (Å²) in [5, 5.41) is 0. The van der Waals surface area contributed by atoms with E-state index in [9.17, 15) is 4.39 Å². The van der Waals surface area contributed by atoms with Crippen molar-refractivity contribution in [1.82, 2.24) is 0 Å². The van der Waals surface area contributed by atoms with Crippen molar-refractivity contribution < 1.29 is 4.39 Å². The summed E-state index contributed by atoms with van der Waals surface area (Å²) in [6.07, 6.45) is 11.0. The minimum Gasteiger partial charge on any atom is -0.207 e. The van der Waals surface area contributed by atoms with Crippen LogP contribution in [0.2, 0.25) is 0 Å². The third-order valence-electron chi connectivity index (χ3n) is 5.74. The monoisotopic (exact) mass is 274 g/mol. The first kappa shape index (κ1) is 14.1. The molecule has 4 unspecified atom stereocenters. The molecule has 4 atom stereocenters. The second-order valence-corrected chi connectivity index (χ2v) is 7.05. The highest BCUT2D eigenvalue weighted by Gasteiger charge is 2.35. The van der Waals surface area contributed by atoms with E-state index in [0.717, 1.165) is 17.8 Å². The van der Waals surface area contributed by atoms with E-state index in [2.05, 4.69) is 13.0 Å². The van der Waals surface area contributed by atoms with E-state index in [-0.39, 0.29) is 5.82 Å². The molecule has 0 radical (unpaired) electrons. The highest BCUT2D eigenvalue weighted by Crippen LogP contribution is 2.48. The summed E-state index contributed by atoms with van der Waals surface area (Å²) < 4.78 is 13.4. The van der Waals surface area contributed by atoms with Crippen LogP contribution in [-0.2, 0) is 0 Å². The molecular weight excluding hydrogens is 247 g/mol. The van der Waals surface area contributed by atoms with E-state index < -0.39 is 0 Å². The lowest BCUT2D eigenvalue weighted by atomic mass is 9.63. The van der Waals surface area contributed by atoms with Gasteiger partial charge in [-0.05, 0) is 73.5 Å². The lowest BCUT2D eigenvalue weighted by Crippen LogP contribution is -2.30. The van der Waals surface area contributed by atoms with Crippen molar-refractivity contribution in [3.8, 4) is 0 Å². The average Bonchev–Trinajstić information content (AvgIpc) is 2.47. The Bertz CT molecular complexity index is 439. The van der Waals surface area contributed by atoms with Gasteiger partial charge < -0.3 is 0 Å². The van der Waals surface area contributed by atoms with E-state index in [0.29, 0.717) is 5.92 Å². The van der Waals surface area contributed by atoms with Gasteiger partial charge in [-0.3, -0.25) is 0 Å². The van der Waals surface area contributed by atoms with E-state index in [1.165, 1.54) is 56.9 Å². The molecule has 0 heterocycles. The number of fused-ring (bicyclic) bond motifs is 1. The summed E-state index contributed by atoms with van der Waals surface area (Å²) in [6, 6.07) is 7.31. The number of halogens is 1. The molecule has 0 N–H and O–H groups in total. The molecule has 0 amide bonds. The Morgan fingerprint density at radius 1 is 1.05 bits per heavy atom. The van der Waals surface area contributed by atoms with Gasteiger partial charge in [-0.15, -0.1) is 0 Å². The van der Waals surface area contributed by atoms with E-state index in [1.54, 1.807) is 12.1 Å². The molecule has 1 aromatic carbocycles. The SMILES string of the molecule is CCCC1CCC2CC(c3cccc(F)c3)CCC2C1. The molecule has 2 aliphatic rings. The van der Waals surface area contributed by atoms with Crippen molar-refractivity contribution in [2.24, 2.45) is 17.8 Å². The maximum atomic E-state index is 13.4. The van der Waals surface area contributed by atoms with Gasteiger partial charge in [0.1, 0.15) is 5.82 Å². The number of hydrogen-bond donors (Lipinski definition) is 0. The molecule has 0 bridgehead atoms. The van der Waals surface area contributed by atoms with Gasteiger partial charge >= 0.3 is 0 Å². The van der Waals surface area contributed by atoms with Crippen LogP contribution >= 0.6 is 0 Å². The molecule has 3 rings (SSSR count). The quantitative estimate of drug-likeness (QED) is 0.641. The average molecular weight is 274 g/mol. The lowest BCUT2D eigenvalue weighted by molar-refractivity contribution is 0.114. The van der Waals surface area contributed by atoms with Gasteiger partial charge in [0, 0.05) is 0 Å². The van der Waals surface area contributed by atoms with Crippen molar-refractivity contribution in [2.45, 2.75) is 64.2 Å². The minimum atomic E-state index is -0.0729. The van der Waals surface area contributed by atoms with Crippen LogP contribution in [0.5, 0.6) is 0 Å². The predicted molar refractivity (Wildman–Crippen MR) is 82.2 cm³/mol. The highest BCUT2D eigenvalue weighted by atomic mass is 19.1. The van der Waals surface area contributed by atoms with Gasteiger partial charge in [0.2, 0.25) is 0 Å². The Morgan fingerprint density at radius 2 is 1.85 bits per heavy atom. The third-order valence-corrected chi connectivity index (χ3v) is 5.74. The van der Waals surface area contributed by atoms with Crippen LogP contribution in [0.1, 0.15) is 69.8 Å². The lowest BCUT2D eigenvalue weighted by Gasteiger charge is -2.42. The zero-order valence-corrected chi connectivity index (χ0v) is 12.7. The van der Waals surface area contributed by atoms with Crippen molar-refractivity contribution in [3.05, 3.63) is 35.6 Å². The van der Waals surface area contributed by atoms with Gasteiger partial charge in [-0.25, -0.2) is 4.39 Å². The predicted octanol–water partition coefficient (Wildman–Crippen LogP) is 5.93. The van der Waals surface area contributed by atoms with Crippen LogP contribution in [0.15, 0.2) is 24.3 Å². The number of benzene rings is 1. The molecular formula is C19H27F. The normalized spacial score (nSPS) is 33.7. The summed E-state index contributed by atoms with van der Waals surface area (Å²) >= 11 is 0. The fourth-order valence-electron chi connectivity index (χ4n) is 4.72. The molecule has 0 saturated heterocycles. The Balaban J connectivity index is 1.62. The van der Waals surface area contributed by atoms with Crippen LogP contribution in [0.25, 0.3) is 0 Å². The molecule has 20 heavy (non-hydrogen) atoms. The number of rotatable bonds is 3. The molecule has 0 aromatic heterocycles. The van der Waals surface area contributed by atoms with Crippen LogP contribution in [0.3, 0.4) is 0 Å². The van der Waals surface area contributed by atoms with Crippen molar-refractivity contribution in [2.75, 3.05) is 0 Å². The molecule has 0 spiro atoms. The summed E-state index contributed by atoms with van der Waals surface area (Å²) in [4.78, 5) is 0. The fourth-order valence-corrected chi connectivity index (χ4v) is 4.72. The van der Waals surface area contributed by atoms with Crippen molar-refractivity contribution in [1.29, 1.82) is 0 Å². The van der Waals surface area contributed by atoms with E-state index >= 15 is 0 Å². The summed E-state index contributed by atoms with van der Waals surface area (Å²) in [7, 11) is 0. The summed E-state index contributed by atoms with van der Waals surface area (Å²) in [6.45, 7) is 2.31. The molecule has 2 aliphatic carbocycles. The first-order chi connectivity index (χ1) is 9.76. The molecule has 0 nitrogen and oxygen atoms in total. The van der Waals surface area contributed by atoms with Gasteiger partial charge in [-0.1, -0.05) is 38.3 Å². The zero-order valence-electron chi connectivity index (χ0n) is 12.7. The standard InChI is InChI=1S/C19H27F/c1-2-4-14-7-8-17-12-18(10-9-16(17)11-14)15-5-3-6-19(20)13-15/h3,5-6,13-14,16-18H,2,4,7-12H2,1H3. The Kier molecular flexibility index (Phi) is 4.43. The molecule has 2 fully saturated rings. The zero-order chi connectivity index (χ0) is 13.9. The molecule has 1 aromatic rings. The van der Waals surface area contributed by atoms with Gasteiger partial charge in [0.25, 0.3) is 0 Å². The Labute approximate surface area is 122 Å². The maximum absolute atomic E-state index is 13.4. The van der Waals surface area contributed by atoms with Crippen molar-refractivity contribution >= 4 is 0 Å². The molecule has 1 heteroatoms. The topological polar surface area (TPSA) is 0 Å². The van der Waals surface area contributed by atoms with Crippen LogP contribution in [0.4, 0.5) is 4.39 Å². The van der Waals surface area contributed by atoms with Gasteiger partial charge in [-0.2, -0.15) is 0 Å². The highest BCUT2D eigenvalue weighted by molar-refractivity contribution is 5.21. The van der Waals surface area contributed by atoms with Gasteiger partial charge in [0.15, 0.2) is 0 Å². The molecule has 0 aliphatic heterocycles. The van der Waals surface area contributed by atoms with Crippen LogP contribution in [-0.4, -0.2) is 0 Å². The van der Waals surface area contributed by atoms with E-state index in [4.69, 9.17) is 0 Å². The number of hydrogen-bond acceptors (Lipinski definition) is 0. The second kappa shape index (κ2) is 6.28. The summed E-state index contributed by atoms with van der Waals surface area (Å²) in [5.41, 5.74) is 1.24. The first-order valence-corrected chi connectivity index (χ1v) is 8.51.